The first kappa shape index (κ1) is 23.9. The van der Waals surface area contributed by atoms with Crippen molar-refractivity contribution in [1.82, 2.24) is 14.8 Å². The topological polar surface area (TPSA) is 78.4 Å². The van der Waals surface area contributed by atoms with Crippen LogP contribution in [0.2, 0.25) is 25.7 Å². The van der Waals surface area contributed by atoms with Crippen molar-refractivity contribution in [1.29, 1.82) is 0 Å². The number of H-pyrrole nitrogens is 1. The Morgan fingerprint density at radius 3 is 2.62 bits per heavy atom. The molecule has 3 rings (SSSR count). The minimum Gasteiger partial charge on any atom is -0.490 e. The van der Waals surface area contributed by atoms with Crippen molar-refractivity contribution in [2.75, 3.05) is 19.8 Å². The van der Waals surface area contributed by atoms with Crippen LogP contribution in [0, 0.1) is 6.92 Å². The summed E-state index contributed by atoms with van der Waals surface area (Å²) in [5.74, 6) is 1.29. The second-order valence-corrected chi connectivity index (χ2v) is 15.0. The van der Waals surface area contributed by atoms with E-state index in [1.165, 1.54) is 5.56 Å². The maximum absolute atomic E-state index is 12.1. The first-order valence-electron chi connectivity index (χ1n) is 11.2. The molecule has 0 aliphatic heterocycles. The molecule has 0 spiro atoms. The van der Waals surface area contributed by atoms with Crippen molar-refractivity contribution in [3.63, 3.8) is 0 Å². The number of aromatic nitrogens is 3. The van der Waals surface area contributed by atoms with Gasteiger partial charge < -0.3 is 19.2 Å². The fourth-order valence-electron chi connectivity index (χ4n) is 3.50. The van der Waals surface area contributed by atoms with Crippen LogP contribution in [0.3, 0.4) is 0 Å². The fraction of sp³-hybridized carbons (Fsp3) is 0.500. The lowest BCUT2D eigenvalue weighted by Gasteiger charge is -2.15. The van der Waals surface area contributed by atoms with Gasteiger partial charge in [0.05, 0.1) is 6.61 Å². The van der Waals surface area contributed by atoms with Crippen LogP contribution in [-0.4, -0.2) is 48.6 Å². The summed E-state index contributed by atoms with van der Waals surface area (Å²) in [5.41, 5.74) is 3.43. The lowest BCUT2D eigenvalue weighted by atomic mass is 10.0. The summed E-state index contributed by atoms with van der Waals surface area (Å²) in [7, 11) is 0.677. The SMILES string of the molecule is Cc1[nH]c2ccc(OCCOc3ccn(C)n3)cc2c1CCCC(=O)OCC[Si](C)(C)C. The molecule has 0 aliphatic rings. The van der Waals surface area contributed by atoms with E-state index in [0.29, 0.717) is 32.1 Å². The number of aromatic amines is 1. The van der Waals surface area contributed by atoms with E-state index < -0.39 is 8.07 Å². The van der Waals surface area contributed by atoms with Crippen molar-refractivity contribution in [3.05, 3.63) is 41.7 Å². The maximum Gasteiger partial charge on any atom is 0.305 e. The molecular formula is C24H35N3O4Si. The summed E-state index contributed by atoms with van der Waals surface area (Å²) in [4.78, 5) is 15.5. The van der Waals surface area contributed by atoms with Crippen molar-refractivity contribution >= 4 is 24.9 Å². The van der Waals surface area contributed by atoms with Gasteiger partial charge in [0.15, 0.2) is 0 Å². The molecule has 0 fully saturated rings. The van der Waals surface area contributed by atoms with E-state index in [0.717, 1.165) is 41.2 Å². The molecule has 1 N–H and O–H groups in total. The molecule has 2 aromatic heterocycles. The van der Waals surface area contributed by atoms with Crippen LogP contribution >= 0.6 is 0 Å². The second-order valence-electron chi connectivity index (χ2n) is 9.35. The number of rotatable bonds is 12. The molecule has 0 radical (unpaired) electrons. The lowest BCUT2D eigenvalue weighted by molar-refractivity contribution is -0.143. The van der Waals surface area contributed by atoms with Gasteiger partial charge >= 0.3 is 5.97 Å². The van der Waals surface area contributed by atoms with E-state index in [1.807, 2.05) is 31.4 Å². The van der Waals surface area contributed by atoms with E-state index >= 15 is 0 Å². The number of aryl methyl sites for hydroxylation is 3. The molecule has 0 unspecified atom stereocenters. The van der Waals surface area contributed by atoms with Gasteiger partial charge in [-0.3, -0.25) is 9.48 Å². The Hall–Kier alpha value is -2.74. The molecule has 0 atom stereocenters. The minimum atomic E-state index is -1.18. The van der Waals surface area contributed by atoms with E-state index in [1.54, 1.807) is 4.68 Å². The highest BCUT2D eigenvalue weighted by Crippen LogP contribution is 2.28. The molecule has 174 valence electrons. The Labute approximate surface area is 191 Å². The van der Waals surface area contributed by atoms with E-state index in [9.17, 15) is 4.79 Å². The number of nitrogens with zero attached hydrogens (tertiary/aromatic N) is 2. The smallest absolute Gasteiger partial charge is 0.305 e. The molecule has 3 aromatic rings. The maximum atomic E-state index is 12.1. The largest absolute Gasteiger partial charge is 0.490 e. The number of fused-ring (bicyclic) bond motifs is 1. The zero-order valence-corrected chi connectivity index (χ0v) is 20.9. The van der Waals surface area contributed by atoms with Crippen molar-refractivity contribution in [2.24, 2.45) is 7.05 Å². The monoisotopic (exact) mass is 457 g/mol. The van der Waals surface area contributed by atoms with Gasteiger partial charge in [-0.15, -0.1) is 5.10 Å². The second kappa shape index (κ2) is 10.7. The van der Waals surface area contributed by atoms with Crippen molar-refractivity contribution in [3.8, 4) is 11.6 Å². The van der Waals surface area contributed by atoms with Crippen molar-refractivity contribution in [2.45, 2.75) is 51.9 Å². The number of hydrogen-bond acceptors (Lipinski definition) is 5. The first-order chi connectivity index (χ1) is 15.2. The molecule has 1 aromatic carbocycles. The molecular weight excluding hydrogens is 422 g/mol. The Morgan fingerprint density at radius 2 is 1.91 bits per heavy atom. The van der Waals surface area contributed by atoms with Crippen LogP contribution in [0.25, 0.3) is 10.9 Å². The van der Waals surface area contributed by atoms with Gasteiger partial charge in [-0.1, -0.05) is 19.6 Å². The number of hydrogen-bond donors (Lipinski definition) is 1. The number of esters is 1. The van der Waals surface area contributed by atoms with Crippen LogP contribution in [0.5, 0.6) is 11.6 Å². The minimum absolute atomic E-state index is 0.0994. The predicted molar refractivity (Wildman–Crippen MR) is 129 cm³/mol. The van der Waals surface area contributed by atoms with E-state index in [2.05, 4.69) is 42.7 Å². The van der Waals surface area contributed by atoms with Crippen LogP contribution in [0.4, 0.5) is 0 Å². The highest BCUT2D eigenvalue weighted by atomic mass is 28.3. The number of ether oxygens (including phenoxy) is 3. The van der Waals surface area contributed by atoms with E-state index in [4.69, 9.17) is 14.2 Å². The first-order valence-corrected chi connectivity index (χ1v) is 14.9. The summed E-state index contributed by atoms with van der Waals surface area (Å²) in [6.07, 6.45) is 3.87. The van der Waals surface area contributed by atoms with Crippen LogP contribution < -0.4 is 9.47 Å². The Bertz CT molecular complexity index is 1040. The zero-order chi connectivity index (χ0) is 23.1. The normalized spacial score (nSPS) is 11.7. The highest BCUT2D eigenvalue weighted by molar-refractivity contribution is 6.76. The number of carbonyl (C=O) groups is 1. The summed E-state index contributed by atoms with van der Waals surface area (Å²) in [6, 6.07) is 8.88. The van der Waals surface area contributed by atoms with Crippen LogP contribution in [-0.2, 0) is 23.0 Å². The van der Waals surface area contributed by atoms with Gasteiger partial charge in [0.2, 0.25) is 5.88 Å². The van der Waals surface area contributed by atoms with Gasteiger partial charge in [0.25, 0.3) is 0 Å². The Morgan fingerprint density at radius 1 is 1.12 bits per heavy atom. The fourth-order valence-corrected chi connectivity index (χ4v) is 4.22. The molecule has 0 amide bonds. The lowest BCUT2D eigenvalue weighted by Crippen LogP contribution is -2.22. The summed E-state index contributed by atoms with van der Waals surface area (Å²) >= 11 is 0. The van der Waals surface area contributed by atoms with Gasteiger partial charge in [0.1, 0.15) is 19.0 Å². The summed E-state index contributed by atoms with van der Waals surface area (Å²) in [5, 5.41) is 5.32. The van der Waals surface area contributed by atoms with Crippen LogP contribution in [0.15, 0.2) is 30.5 Å². The third kappa shape index (κ3) is 7.15. The Kier molecular flexibility index (Phi) is 8.01. The molecule has 0 bridgehead atoms. The van der Waals surface area contributed by atoms with Gasteiger partial charge in [0, 0.05) is 50.4 Å². The number of nitrogens with one attached hydrogen (secondary N) is 1. The summed E-state index contributed by atoms with van der Waals surface area (Å²) < 4.78 is 18.6. The summed E-state index contributed by atoms with van der Waals surface area (Å²) in [6.45, 7) is 10.3. The molecule has 0 aliphatic carbocycles. The highest BCUT2D eigenvalue weighted by Gasteiger charge is 2.15. The molecule has 0 saturated heterocycles. The van der Waals surface area contributed by atoms with Gasteiger partial charge in [-0.05, 0) is 49.6 Å². The third-order valence-electron chi connectivity index (χ3n) is 5.30. The predicted octanol–water partition coefficient (Wildman–Crippen LogP) is 4.87. The average molecular weight is 458 g/mol. The van der Waals surface area contributed by atoms with Crippen molar-refractivity contribution < 1.29 is 19.0 Å². The quantitative estimate of drug-likeness (QED) is 0.238. The van der Waals surface area contributed by atoms with Crippen LogP contribution in [0.1, 0.15) is 24.1 Å². The van der Waals surface area contributed by atoms with Gasteiger partial charge in [-0.25, -0.2) is 0 Å². The molecule has 8 heteroatoms. The Balaban J connectivity index is 1.49. The molecule has 0 saturated carbocycles. The number of benzene rings is 1. The average Bonchev–Trinajstić information content (AvgIpc) is 3.27. The molecule has 2 heterocycles. The molecule has 32 heavy (non-hydrogen) atoms. The number of carbonyl (C=O) groups excluding carboxylic acids is 1. The zero-order valence-electron chi connectivity index (χ0n) is 19.9. The van der Waals surface area contributed by atoms with Gasteiger partial charge in [-0.2, -0.15) is 0 Å². The standard InChI is InChI=1S/C24H35N3O4Si/c1-18-20(7-6-8-24(28)31-15-16-32(3,4)5)21-17-19(9-10-22(21)25-18)29-13-14-30-23-11-12-27(2)26-23/h9-12,17,25H,6-8,13-16H2,1-5H3. The third-order valence-corrected chi connectivity index (χ3v) is 7.01. The van der Waals surface area contributed by atoms with E-state index in [-0.39, 0.29) is 5.97 Å². The molecule has 7 nitrogen and oxygen atoms in total.